The smallest absolute Gasteiger partial charge is 0.240 e. The summed E-state index contributed by atoms with van der Waals surface area (Å²) in [4.78, 5) is 11.8. The van der Waals surface area contributed by atoms with Crippen LogP contribution in [0.4, 0.5) is 11.4 Å². The molecule has 3 aromatic rings. The van der Waals surface area contributed by atoms with Crippen LogP contribution in [-0.4, -0.2) is 35.1 Å². The van der Waals surface area contributed by atoms with Gasteiger partial charge in [0.25, 0.3) is 0 Å². The van der Waals surface area contributed by atoms with Gasteiger partial charge in [-0.2, -0.15) is 0 Å². The van der Waals surface area contributed by atoms with Gasteiger partial charge in [0.15, 0.2) is 0 Å². The molecule has 10 nitrogen and oxygen atoms in total. The molecule has 0 aliphatic heterocycles. The minimum absolute atomic E-state index is 0.0685. The second kappa shape index (κ2) is 12.1. The van der Waals surface area contributed by atoms with E-state index in [0.29, 0.717) is 23.6 Å². The second-order valence-electron chi connectivity index (χ2n) is 8.55. The van der Waals surface area contributed by atoms with Crippen LogP contribution in [0.25, 0.3) is 21.5 Å². The average molecular weight is 537 g/mol. The second-order valence-corrected chi connectivity index (χ2v) is 12.1. The van der Waals surface area contributed by atoms with Crippen LogP contribution >= 0.6 is 0 Å². The molecule has 0 aromatic heterocycles. The Balaban J connectivity index is 2.14. The summed E-state index contributed by atoms with van der Waals surface area (Å²) in [5.74, 6) is 0. The molecule has 0 heterocycles. The molecule has 0 fully saturated rings. The molecule has 0 spiro atoms. The molecule has 0 unspecified atom stereocenters. The average Bonchev–Trinajstić information content (AvgIpc) is 2.87. The van der Waals surface area contributed by atoms with Gasteiger partial charge in [0.2, 0.25) is 20.0 Å². The van der Waals surface area contributed by atoms with Crippen LogP contribution in [-0.2, 0) is 20.0 Å². The van der Waals surface area contributed by atoms with Crippen LogP contribution in [0.2, 0.25) is 0 Å². The van der Waals surface area contributed by atoms with Gasteiger partial charge in [-0.05, 0) is 42.3 Å². The fourth-order valence-corrected chi connectivity index (χ4v) is 6.25. The summed E-state index contributed by atoms with van der Waals surface area (Å²) >= 11 is 0. The lowest BCUT2D eigenvalue weighted by Crippen LogP contribution is -2.24. The Morgan fingerprint density at radius 3 is 1.53 bits per heavy atom. The number of benzene rings is 3. The molecular formula is C24H32N4O6S2. The topological polar surface area (TPSA) is 154 Å². The zero-order chi connectivity index (χ0) is 26.3. The molecule has 36 heavy (non-hydrogen) atoms. The van der Waals surface area contributed by atoms with Crippen molar-refractivity contribution in [3.63, 3.8) is 0 Å². The number of hydrogen-bond donors (Lipinski definition) is 4. The maximum atomic E-state index is 12.8. The van der Waals surface area contributed by atoms with Crippen molar-refractivity contribution in [3.05, 3.63) is 41.3 Å². The Hall–Kier alpha value is -2.64. The highest BCUT2D eigenvalue weighted by molar-refractivity contribution is 7.89. The van der Waals surface area contributed by atoms with Crippen molar-refractivity contribution in [2.45, 2.75) is 62.2 Å². The number of anilines is 1. The summed E-state index contributed by atoms with van der Waals surface area (Å²) in [7, 11) is -7.72. The minimum Gasteiger partial charge on any atom is -0.291 e. The molecule has 0 radical (unpaired) electrons. The Kier molecular flexibility index (Phi) is 9.36. The first kappa shape index (κ1) is 27.9. The summed E-state index contributed by atoms with van der Waals surface area (Å²) < 4.78 is 56.4. The minimum atomic E-state index is -3.86. The molecule has 0 atom stereocenters. The Morgan fingerprint density at radius 2 is 1.17 bits per heavy atom. The van der Waals surface area contributed by atoms with Crippen LogP contribution in [0.15, 0.2) is 51.4 Å². The van der Waals surface area contributed by atoms with Gasteiger partial charge >= 0.3 is 0 Å². The van der Waals surface area contributed by atoms with E-state index in [1.54, 1.807) is 0 Å². The van der Waals surface area contributed by atoms with E-state index >= 15 is 0 Å². The Bertz CT molecular complexity index is 1350. The van der Waals surface area contributed by atoms with Crippen molar-refractivity contribution >= 4 is 53.0 Å². The number of nitroso groups, excluding NO2 is 1. The molecule has 0 aliphatic carbocycles. The standard InChI is InChI=1S/C24H32N4O6S2/c1-3-5-7-13-25-35(31,32)17-9-11-19-21(15-17)24(28-30)22-16-18(10-12-20(22)23(19)27-29)36(33,34)26-14-8-6-4-2/h9-12,15-16,25-27,29H,3-8,13-14H2,1-2H3. The van der Waals surface area contributed by atoms with E-state index in [-0.39, 0.29) is 45.0 Å². The van der Waals surface area contributed by atoms with Crippen LogP contribution < -0.4 is 14.9 Å². The molecule has 0 aliphatic rings. The van der Waals surface area contributed by atoms with Gasteiger partial charge in [0, 0.05) is 34.6 Å². The third-order valence-electron chi connectivity index (χ3n) is 6.00. The first-order valence-corrected chi connectivity index (χ1v) is 14.9. The first-order valence-electron chi connectivity index (χ1n) is 12.0. The van der Waals surface area contributed by atoms with E-state index in [1.165, 1.54) is 36.4 Å². The first-order chi connectivity index (χ1) is 17.2. The number of hydrogen-bond acceptors (Lipinski definition) is 8. The molecule has 0 amide bonds. The molecule has 0 bridgehead atoms. The molecule has 3 rings (SSSR count). The van der Waals surface area contributed by atoms with E-state index in [4.69, 9.17) is 0 Å². The van der Waals surface area contributed by atoms with Gasteiger partial charge in [-0.3, -0.25) is 10.7 Å². The third kappa shape index (κ3) is 6.01. The molecule has 0 saturated carbocycles. The number of unbranched alkanes of at least 4 members (excludes halogenated alkanes) is 4. The van der Waals surface area contributed by atoms with E-state index in [9.17, 15) is 26.9 Å². The summed E-state index contributed by atoms with van der Waals surface area (Å²) in [6.07, 6.45) is 5.05. The number of rotatable bonds is 14. The number of nitrogens with one attached hydrogen (secondary N) is 3. The molecule has 196 valence electrons. The van der Waals surface area contributed by atoms with Crippen LogP contribution in [0.3, 0.4) is 0 Å². The fraction of sp³-hybridized carbons (Fsp3) is 0.417. The van der Waals surface area contributed by atoms with E-state index < -0.39 is 20.0 Å². The lowest BCUT2D eigenvalue weighted by molar-refractivity contribution is 0.390. The maximum Gasteiger partial charge on any atom is 0.240 e. The predicted molar refractivity (Wildman–Crippen MR) is 142 cm³/mol. The van der Waals surface area contributed by atoms with Crippen LogP contribution in [0.5, 0.6) is 0 Å². The SMILES string of the molecule is CCCCCNS(=O)(=O)c1ccc2c(NO)c3ccc(S(=O)(=O)NCCCCC)cc3c(N=O)c2c1. The van der Waals surface area contributed by atoms with Gasteiger partial charge in [-0.15, -0.1) is 4.91 Å². The van der Waals surface area contributed by atoms with Crippen LogP contribution in [0, 0.1) is 4.91 Å². The van der Waals surface area contributed by atoms with E-state index in [1.807, 2.05) is 13.8 Å². The van der Waals surface area contributed by atoms with E-state index in [2.05, 4.69) is 20.1 Å². The molecule has 4 N–H and O–H groups in total. The summed E-state index contributed by atoms with van der Waals surface area (Å²) in [5.41, 5.74) is 2.18. The number of fused-ring (bicyclic) bond motifs is 2. The van der Waals surface area contributed by atoms with Crippen molar-refractivity contribution in [2.24, 2.45) is 5.18 Å². The fourth-order valence-electron chi connectivity index (χ4n) is 4.05. The normalized spacial score (nSPS) is 12.3. The highest BCUT2D eigenvalue weighted by Gasteiger charge is 2.22. The predicted octanol–water partition coefficient (Wildman–Crippen LogP) is 5.13. The number of sulfonamides is 2. The van der Waals surface area contributed by atoms with Gasteiger partial charge in [-0.25, -0.2) is 26.3 Å². The Morgan fingerprint density at radius 1 is 0.722 bits per heavy atom. The van der Waals surface area contributed by atoms with Gasteiger partial charge < -0.3 is 0 Å². The quantitative estimate of drug-likeness (QED) is 0.0964. The molecule has 0 saturated heterocycles. The van der Waals surface area contributed by atoms with Gasteiger partial charge in [0.05, 0.1) is 15.5 Å². The Labute approximate surface area is 211 Å². The lowest BCUT2D eigenvalue weighted by atomic mass is 9.99. The van der Waals surface area contributed by atoms with Crippen molar-refractivity contribution in [1.29, 1.82) is 0 Å². The third-order valence-corrected chi connectivity index (χ3v) is 8.92. The monoisotopic (exact) mass is 536 g/mol. The number of nitrogens with zero attached hydrogens (tertiary/aromatic N) is 1. The summed E-state index contributed by atoms with van der Waals surface area (Å²) in [6.45, 7) is 4.59. The summed E-state index contributed by atoms with van der Waals surface area (Å²) in [5, 5.41) is 14.0. The van der Waals surface area contributed by atoms with E-state index in [0.717, 1.165) is 25.7 Å². The zero-order valence-electron chi connectivity index (χ0n) is 20.4. The lowest BCUT2D eigenvalue weighted by Gasteiger charge is -2.15. The molecule has 12 heteroatoms. The van der Waals surface area contributed by atoms with Crippen molar-refractivity contribution in [1.82, 2.24) is 9.44 Å². The highest BCUT2D eigenvalue weighted by atomic mass is 32.2. The van der Waals surface area contributed by atoms with Crippen molar-refractivity contribution < 1.29 is 22.0 Å². The summed E-state index contributed by atoms with van der Waals surface area (Å²) in [6, 6.07) is 8.32. The molecule has 3 aromatic carbocycles. The highest BCUT2D eigenvalue weighted by Crippen LogP contribution is 2.42. The largest absolute Gasteiger partial charge is 0.291 e. The molecular weight excluding hydrogens is 504 g/mol. The van der Waals surface area contributed by atoms with Crippen molar-refractivity contribution in [3.8, 4) is 0 Å². The van der Waals surface area contributed by atoms with Crippen molar-refractivity contribution in [2.75, 3.05) is 18.6 Å². The van der Waals surface area contributed by atoms with Gasteiger partial charge in [-0.1, -0.05) is 51.7 Å². The van der Waals surface area contributed by atoms with Crippen LogP contribution in [0.1, 0.15) is 52.4 Å². The van der Waals surface area contributed by atoms with Gasteiger partial charge in [0.1, 0.15) is 5.69 Å². The maximum absolute atomic E-state index is 12.8. The zero-order valence-corrected chi connectivity index (χ0v) is 22.0.